The maximum atomic E-state index is 12.3. The van der Waals surface area contributed by atoms with Crippen molar-refractivity contribution in [2.24, 2.45) is 11.8 Å². The minimum Gasteiger partial charge on any atom is -0.481 e. The number of aliphatic carboxylic acids is 1. The molecular weight excluding hydrogens is 288 g/mol. The van der Waals surface area contributed by atoms with Crippen LogP contribution in [-0.4, -0.2) is 22.0 Å². The van der Waals surface area contributed by atoms with Gasteiger partial charge >= 0.3 is 5.97 Å². The first-order valence-electron chi connectivity index (χ1n) is 7.03. The SMILES string of the molecule is O=C(O)C1CCCC(C(=O)Nc2nc3ccccc3s2)C1. The number of nitrogens with zero attached hydrogens (tertiary/aromatic N) is 1. The normalized spacial score (nSPS) is 22.1. The number of thiazole rings is 1. The van der Waals surface area contributed by atoms with Crippen LogP contribution in [0.1, 0.15) is 25.7 Å². The maximum absolute atomic E-state index is 12.3. The lowest BCUT2D eigenvalue weighted by Crippen LogP contribution is -2.30. The van der Waals surface area contributed by atoms with Crippen molar-refractivity contribution < 1.29 is 14.7 Å². The molecule has 21 heavy (non-hydrogen) atoms. The second kappa shape index (κ2) is 5.81. The number of carboxylic acid groups (broad SMARTS) is 1. The molecule has 110 valence electrons. The van der Waals surface area contributed by atoms with Gasteiger partial charge in [0, 0.05) is 5.92 Å². The Hall–Kier alpha value is -1.95. The molecule has 0 aliphatic heterocycles. The molecule has 2 N–H and O–H groups in total. The topological polar surface area (TPSA) is 79.3 Å². The summed E-state index contributed by atoms with van der Waals surface area (Å²) in [6, 6.07) is 7.71. The van der Waals surface area contributed by atoms with Crippen LogP contribution in [-0.2, 0) is 9.59 Å². The van der Waals surface area contributed by atoms with Gasteiger partial charge in [0.1, 0.15) is 0 Å². The summed E-state index contributed by atoms with van der Waals surface area (Å²) in [5.41, 5.74) is 0.866. The number of hydrogen-bond acceptors (Lipinski definition) is 4. The van der Waals surface area contributed by atoms with Crippen molar-refractivity contribution in [2.75, 3.05) is 5.32 Å². The first-order valence-corrected chi connectivity index (χ1v) is 7.84. The van der Waals surface area contributed by atoms with E-state index in [-0.39, 0.29) is 11.8 Å². The molecule has 5 nitrogen and oxygen atoms in total. The summed E-state index contributed by atoms with van der Waals surface area (Å²) in [6.45, 7) is 0. The van der Waals surface area contributed by atoms with Crippen LogP contribution in [0.4, 0.5) is 5.13 Å². The van der Waals surface area contributed by atoms with Gasteiger partial charge in [-0.2, -0.15) is 0 Å². The van der Waals surface area contributed by atoms with Crippen LogP contribution < -0.4 is 5.32 Å². The van der Waals surface area contributed by atoms with Crippen LogP contribution in [0.2, 0.25) is 0 Å². The van der Waals surface area contributed by atoms with Gasteiger partial charge in [0.05, 0.1) is 16.1 Å². The Kier molecular flexibility index (Phi) is 3.88. The highest BCUT2D eigenvalue weighted by Crippen LogP contribution is 2.31. The number of fused-ring (bicyclic) bond motifs is 1. The summed E-state index contributed by atoms with van der Waals surface area (Å²) in [6.07, 6.45) is 2.63. The predicted octanol–water partition coefficient (Wildman–Crippen LogP) is 3.13. The van der Waals surface area contributed by atoms with Gasteiger partial charge in [0.15, 0.2) is 5.13 Å². The molecule has 1 heterocycles. The molecule has 2 aromatic rings. The first kappa shape index (κ1) is 14.0. The molecule has 1 aliphatic carbocycles. The number of carboxylic acids is 1. The highest BCUT2D eigenvalue weighted by Gasteiger charge is 2.31. The van der Waals surface area contributed by atoms with E-state index >= 15 is 0 Å². The van der Waals surface area contributed by atoms with E-state index in [1.165, 1.54) is 11.3 Å². The van der Waals surface area contributed by atoms with Gasteiger partial charge < -0.3 is 10.4 Å². The Balaban J connectivity index is 1.69. The van der Waals surface area contributed by atoms with Gasteiger partial charge in [-0.05, 0) is 31.4 Å². The van der Waals surface area contributed by atoms with Gasteiger partial charge in [-0.1, -0.05) is 29.9 Å². The minimum absolute atomic E-state index is 0.111. The van der Waals surface area contributed by atoms with Crippen LogP contribution in [0.25, 0.3) is 10.2 Å². The molecule has 1 aromatic heterocycles. The summed E-state index contributed by atoms with van der Waals surface area (Å²) in [5, 5.41) is 12.5. The summed E-state index contributed by atoms with van der Waals surface area (Å²) in [7, 11) is 0. The van der Waals surface area contributed by atoms with Crippen LogP contribution in [0.5, 0.6) is 0 Å². The van der Waals surface area contributed by atoms with Crippen molar-refractivity contribution in [3.8, 4) is 0 Å². The number of rotatable bonds is 3. The zero-order valence-corrected chi connectivity index (χ0v) is 12.2. The molecular formula is C15H16N2O3S. The lowest BCUT2D eigenvalue weighted by molar-refractivity contribution is -0.143. The first-order chi connectivity index (χ1) is 10.1. The number of anilines is 1. The molecule has 1 fully saturated rings. The van der Waals surface area contributed by atoms with Crippen LogP contribution in [0, 0.1) is 11.8 Å². The zero-order chi connectivity index (χ0) is 14.8. The standard InChI is InChI=1S/C15H16N2O3S/c18-13(9-4-3-5-10(8-9)14(19)20)17-15-16-11-6-1-2-7-12(11)21-15/h1-2,6-7,9-10H,3-5,8H2,(H,19,20)(H,16,17,18). The minimum atomic E-state index is -0.799. The molecule has 2 unspecified atom stereocenters. The third-order valence-corrected chi connectivity index (χ3v) is 4.87. The van der Waals surface area contributed by atoms with E-state index in [0.29, 0.717) is 18.0 Å². The van der Waals surface area contributed by atoms with Gasteiger partial charge in [0.25, 0.3) is 0 Å². The average molecular weight is 304 g/mol. The molecule has 3 rings (SSSR count). The second-order valence-electron chi connectivity index (χ2n) is 5.37. The van der Waals surface area contributed by atoms with E-state index in [9.17, 15) is 9.59 Å². The molecule has 0 spiro atoms. The Morgan fingerprint density at radius 3 is 2.76 bits per heavy atom. The fourth-order valence-corrected chi connectivity index (χ4v) is 3.65. The van der Waals surface area contributed by atoms with Crippen molar-refractivity contribution in [3.05, 3.63) is 24.3 Å². The number of benzene rings is 1. The number of aromatic nitrogens is 1. The molecule has 6 heteroatoms. The second-order valence-corrected chi connectivity index (χ2v) is 6.41. The molecule has 1 saturated carbocycles. The fourth-order valence-electron chi connectivity index (χ4n) is 2.79. The van der Waals surface area contributed by atoms with Crippen LogP contribution in [0.15, 0.2) is 24.3 Å². The van der Waals surface area contributed by atoms with Crippen LogP contribution >= 0.6 is 11.3 Å². The lowest BCUT2D eigenvalue weighted by Gasteiger charge is -2.25. The zero-order valence-electron chi connectivity index (χ0n) is 11.4. The van der Waals surface area contributed by atoms with E-state index in [2.05, 4.69) is 10.3 Å². The van der Waals surface area contributed by atoms with Crippen molar-refractivity contribution in [1.82, 2.24) is 4.98 Å². The molecule has 0 bridgehead atoms. The molecule has 0 radical (unpaired) electrons. The number of para-hydroxylation sites is 1. The smallest absolute Gasteiger partial charge is 0.306 e. The monoisotopic (exact) mass is 304 g/mol. The lowest BCUT2D eigenvalue weighted by atomic mass is 9.81. The van der Waals surface area contributed by atoms with E-state index in [4.69, 9.17) is 5.11 Å². The molecule has 1 aromatic carbocycles. The number of carbonyl (C=O) groups excluding carboxylic acids is 1. The quantitative estimate of drug-likeness (QED) is 0.913. The van der Waals surface area contributed by atoms with Gasteiger partial charge in [0.2, 0.25) is 5.91 Å². The average Bonchev–Trinajstić information content (AvgIpc) is 2.89. The maximum Gasteiger partial charge on any atom is 0.306 e. The Bertz CT molecular complexity index is 649. The molecule has 1 amide bonds. The van der Waals surface area contributed by atoms with Gasteiger partial charge in [-0.3, -0.25) is 9.59 Å². The van der Waals surface area contributed by atoms with E-state index in [1.54, 1.807) is 0 Å². The van der Waals surface area contributed by atoms with Gasteiger partial charge in [-0.25, -0.2) is 4.98 Å². The third-order valence-electron chi connectivity index (χ3n) is 3.92. The van der Waals surface area contributed by atoms with Crippen LogP contribution in [0.3, 0.4) is 0 Å². The Morgan fingerprint density at radius 2 is 2.00 bits per heavy atom. The highest BCUT2D eigenvalue weighted by atomic mass is 32.1. The van der Waals surface area contributed by atoms with E-state index < -0.39 is 11.9 Å². The van der Waals surface area contributed by atoms with Gasteiger partial charge in [-0.15, -0.1) is 0 Å². The highest BCUT2D eigenvalue weighted by molar-refractivity contribution is 7.22. The third kappa shape index (κ3) is 3.05. The predicted molar refractivity (Wildman–Crippen MR) is 81.3 cm³/mol. The Labute approximate surface area is 126 Å². The number of hydrogen-bond donors (Lipinski definition) is 2. The van der Waals surface area contributed by atoms with Crippen molar-refractivity contribution in [1.29, 1.82) is 0 Å². The molecule has 0 saturated heterocycles. The largest absolute Gasteiger partial charge is 0.481 e. The fraction of sp³-hybridized carbons (Fsp3) is 0.400. The van der Waals surface area contributed by atoms with E-state index in [0.717, 1.165) is 23.1 Å². The van der Waals surface area contributed by atoms with Crippen molar-refractivity contribution in [2.45, 2.75) is 25.7 Å². The van der Waals surface area contributed by atoms with Crippen molar-refractivity contribution >= 4 is 38.6 Å². The molecule has 2 atom stereocenters. The Morgan fingerprint density at radius 1 is 1.24 bits per heavy atom. The number of amides is 1. The van der Waals surface area contributed by atoms with Crippen molar-refractivity contribution in [3.63, 3.8) is 0 Å². The number of carbonyl (C=O) groups is 2. The molecule has 1 aliphatic rings. The van der Waals surface area contributed by atoms with E-state index in [1.807, 2.05) is 24.3 Å². The summed E-state index contributed by atoms with van der Waals surface area (Å²) >= 11 is 1.44. The summed E-state index contributed by atoms with van der Waals surface area (Å²) in [5.74, 6) is -1.54. The number of nitrogens with one attached hydrogen (secondary N) is 1. The summed E-state index contributed by atoms with van der Waals surface area (Å²) in [4.78, 5) is 27.7. The summed E-state index contributed by atoms with van der Waals surface area (Å²) < 4.78 is 1.03.